The van der Waals surface area contributed by atoms with Crippen molar-refractivity contribution in [3.8, 4) is 22.8 Å². The molecule has 28 heavy (non-hydrogen) atoms. The summed E-state index contributed by atoms with van der Waals surface area (Å²) in [7, 11) is 0. The summed E-state index contributed by atoms with van der Waals surface area (Å²) in [5, 5.41) is 0. The van der Waals surface area contributed by atoms with Crippen molar-refractivity contribution in [1.82, 2.24) is 9.97 Å². The first-order chi connectivity index (χ1) is 13.2. The van der Waals surface area contributed by atoms with Crippen molar-refractivity contribution >= 4 is 5.91 Å². The molecule has 0 radical (unpaired) electrons. The van der Waals surface area contributed by atoms with Crippen LogP contribution in [-0.2, 0) is 6.42 Å². The summed E-state index contributed by atoms with van der Waals surface area (Å²) in [6.45, 7) is 2.66. The molecule has 2 N–H and O–H groups in total. The fourth-order valence-electron chi connectivity index (χ4n) is 2.84. The van der Waals surface area contributed by atoms with Gasteiger partial charge in [-0.3, -0.25) is 14.8 Å². The number of ether oxygens (including phenoxy) is 1. The van der Waals surface area contributed by atoms with Crippen LogP contribution in [0.3, 0.4) is 0 Å². The molecule has 0 saturated heterocycles. The molecule has 1 aromatic carbocycles. The van der Waals surface area contributed by atoms with E-state index in [2.05, 4.69) is 9.97 Å². The number of carbonyl (C=O) groups is 1. The van der Waals surface area contributed by atoms with E-state index in [0.29, 0.717) is 28.3 Å². The van der Waals surface area contributed by atoms with Gasteiger partial charge in [0.15, 0.2) is 0 Å². The largest absolute Gasteiger partial charge is 0.456 e. The normalized spacial score (nSPS) is 11.3. The molecule has 0 aliphatic rings. The van der Waals surface area contributed by atoms with E-state index >= 15 is 0 Å². The SMILES string of the molecule is Cc1cc(-c2cc(Oc3cncc(CC(C)(F)F)c3)ccn2)ccc1C(N)=O. The number of carbonyl (C=O) groups excluding carboxylic acids is 1. The highest BCUT2D eigenvalue weighted by molar-refractivity contribution is 5.94. The van der Waals surface area contributed by atoms with Crippen LogP contribution in [0.5, 0.6) is 11.5 Å². The average molecular weight is 383 g/mol. The Morgan fingerprint density at radius 2 is 1.93 bits per heavy atom. The number of primary amides is 1. The van der Waals surface area contributed by atoms with Crippen molar-refractivity contribution in [2.45, 2.75) is 26.2 Å². The second kappa shape index (κ2) is 7.72. The zero-order valence-electron chi connectivity index (χ0n) is 15.4. The highest BCUT2D eigenvalue weighted by atomic mass is 19.3. The average Bonchev–Trinajstić information content (AvgIpc) is 2.60. The first-order valence-electron chi connectivity index (χ1n) is 8.58. The molecule has 0 bridgehead atoms. The zero-order valence-corrected chi connectivity index (χ0v) is 15.4. The van der Waals surface area contributed by atoms with Crippen molar-refractivity contribution in [1.29, 1.82) is 0 Å². The van der Waals surface area contributed by atoms with E-state index in [1.807, 2.05) is 6.07 Å². The molecule has 144 valence electrons. The molecule has 2 aromatic heterocycles. The van der Waals surface area contributed by atoms with Gasteiger partial charge in [0.05, 0.1) is 11.9 Å². The van der Waals surface area contributed by atoms with Gasteiger partial charge in [-0.2, -0.15) is 0 Å². The Labute approximate surface area is 161 Å². The number of halogens is 2. The van der Waals surface area contributed by atoms with Crippen LogP contribution in [0.1, 0.15) is 28.4 Å². The Hall–Kier alpha value is -3.35. The van der Waals surface area contributed by atoms with Gasteiger partial charge in [-0.15, -0.1) is 0 Å². The number of aromatic nitrogens is 2. The second-order valence-electron chi connectivity index (χ2n) is 6.65. The third kappa shape index (κ3) is 4.88. The fourth-order valence-corrected chi connectivity index (χ4v) is 2.84. The lowest BCUT2D eigenvalue weighted by molar-refractivity contribution is 0.0225. The fraction of sp³-hybridized carbons (Fsp3) is 0.190. The minimum Gasteiger partial charge on any atom is -0.456 e. The van der Waals surface area contributed by atoms with Gasteiger partial charge in [0, 0.05) is 36.0 Å². The standard InChI is InChI=1S/C21H19F2N3O2/c1-13-7-15(3-4-18(13)20(24)27)19-9-16(5-6-26-19)28-17-8-14(11-25-12-17)10-21(2,22)23/h3-9,11-12H,10H2,1-2H3,(H2,24,27). The third-order valence-electron chi connectivity index (χ3n) is 4.04. The van der Waals surface area contributed by atoms with Crippen molar-refractivity contribution < 1.29 is 18.3 Å². The molecule has 2 heterocycles. The number of alkyl halides is 2. The molecule has 0 fully saturated rings. The third-order valence-corrected chi connectivity index (χ3v) is 4.04. The molecule has 1 amide bonds. The van der Waals surface area contributed by atoms with E-state index in [-0.39, 0.29) is 0 Å². The molecule has 0 spiro atoms. The maximum Gasteiger partial charge on any atom is 0.249 e. The highest BCUT2D eigenvalue weighted by Crippen LogP contribution is 2.28. The van der Waals surface area contributed by atoms with Gasteiger partial charge in [-0.1, -0.05) is 6.07 Å². The first kappa shape index (κ1) is 19.4. The van der Waals surface area contributed by atoms with Crippen LogP contribution in [0.2, 0.25) is 0 Å². The zero-order chi connectivity index (χ0) is 20.3. The van der Waals surface area contributed by atoms with E-state index < -0.39 is 18.3 Å². The minimum absolute atomic E-state index is 0.360. The molecular formula is C21H19F2N3O2. The number of rotatable bonds is 6. The van der Waals surface area contributed by atoms with E-state index in [1.54, 1.807) is 37.4 Å². The summed E-state index contributed by atoms with van der Waals surface area (Å²) >= 11 is 0. The number of benzene rings is 1. The van der Waals surface area contributed by atoms with Crippen molar-refractivity contribution in [2.24, 2.45) is 5.73 Å². The van der Waals surface area contributed by atoms with Crippen LogP contribution in [0.4, 0.5) is 8.78 Å². The predicted octanol–water partition coefficient (Wildman–Crippen LogP) is 4.54. The second-order valence-corrected chi connectivity index (χ2v) is 6.65. The molecule has 0 aliphatic heterocycles. The molecular weight excluding hydrogens is 364 g/mol. The van der Waals surface area contributed by atoms with E-state index in [9.17, 15) is 13.6 Å². The maximum atomic E-state index is 13.2. The molecule has 3 aromatic rings. The Morgan fingerprint density at radius 3 is 2.61 bits per heavy atom. The summed E-state index contributed by atoms with van der Waals surface area (Å²) in [4.78, 5) is 19.7. The minimum atomic E-state index is -2.82. The number of hydrogen-bond donors (Lipinski definition) is 1. The molecule has 0 aliphatic carbocycles. The topological polar surface area (TPSA) is 78.1 Å². The van der Waals surface area contributed by atoms with Gasteiger partial charge in [0.25, 0.3) is 0 Å². The van der Waals surface area contributed by atoms with Gasteiger partial charge in [0.1, 0.15) is 11.5 Å². The summed E-state index contributed by atoms with van der Waals surface area (Å²) in [5.74, 6) is -2.46. The number of nitrogens with zero attached hydrogens (tertiary/aromatic N) is 2. The quantitative estimate of drug-likeness (QED) is 0.678. The van der Waals surface area contributed by atoms with Gasteiger partial charge >= 0.3 is 0 Å². The van der Waals surface area contributed by atoms with Gasteiger partial charge in [-0.25, -0.2) is 8.78 Å². The molecule has 0 atom stereocenters. The van der Waals surface area contributed by atoms with Crippen molar-refractivity contribution in [3.63, 3.8) is 0 Å². The Morgan fingerprint density at radius 1 is 1.14 bits per heavy atom. The van der Waals surface area contributed by atoms with Gasteiger partial charge < -0.3 is 10.5 Å². The van der Waals surface area contributed by atoms with Crippen molar-refractivity contribution in [2.75, 3.05) is 0 Å². The summed E-state index contributed by atoms with van der Waals surface area (Å²) in [6.07, 6.45) is 4.03. The molecule has 3 rings (SSSR count). The maximum absolute atomic E-state index is 13.2. The Kier molecular flexibility index (Phi) is 5.35. The lowest BCUT2D eigenvalue weighted by Crippen LogP contribution is -2.13. The van der Waals surface area contributed by atoms with Crippen LogP contribution >= 0.6 is 0 Å². The highest BCUT2D eigenvalue weighted by Gasteiger charge is 2.22. The number of nitrogens with two attached hydrogens (primary N) is 1. The van der Waals surface area contributed by atoms with Crippen molar-refractivity contribution in [3.05, 3.63) is 71.7 Å². The van der Waals surface area contributed by atoms with Crippen LogP contribution in [0.25, 0.3) is 11.3 Å². The number of hydrogen-bond acceptors (Lipinski definition) is 4. The smallest absolute Gasteiger partial charge is 0.249 e. The predicted molar refractivity (Wildman–Crippen MR) is 102 cm³/mol. The Bertz CT molecular complexity index is 1020. The first-order valence-corrected chi connectivity index (χ1v) is 8.58. The van der Waals surface area contributed by atoms with Crippen LogP contribution in [-0.4, -0.2) is 21.8 Å². The summed E-state index contributed by atoms with van der Waals surface area (Å²) < 4.78 is 32.2. The van der Waals surface area contributed by atoms with E-state index in [1.165, 1.54) is 18.5 Å². The summed E-state index contributed by atoms with van der Waals surface area (Å²) in [5.41, 5.74) is 8.36. The lowest BCUT2D eigenvalue weighted by atomic mass is 10.0. The van der Waals surface area contributed by atoms with Gasteiger partial charge in [0.2, 0.25) is 11.8 Å². The van der Waals surface area contributed by atoms with Gasteiger partial charge in [-0.05, 0) is 49.2 Å². The molecule has 0 unspecified atom stereocenters. The van der Waals surface area contributed by atoms with Crippen LogP contribution in [0, 0.1) is 6.92 Å². The van der Waals surface area contributed by atoms with Crippen LogP contribution in [0.15, 0.2) is 55.0 Å². The number of pyridine rings is 2. The molecule has 5 nitrogen and oxygen atoms in total. The summed E-state index contributed by atoms with van der Waals surface area (Å²) in [6, 6.07) is 10.1. The Balaban J connectivity index is 1.84. The van der Waals surface area contributed by atoms with E-state index in [0.717, 1.165) is 18.1 Å². The molecule has 7 heteroatoms. The monoisotopic (exact) mass is 383 g/mol. The number of aryl methyl sites for hydroxylation is 1. The molecule has 0 saturated carbocycles. The van der Waals surface area contributed by atoms with Crippen LogP contribution < -0.4 is 10.5 Å². The van der Waals surface area contributed by atoms with E-state index in [4.69, 9.17) is 10.5 Å². The lowest BCUT2D eigenvalue weighted by Gasteiger charge is -2.12. The number of amides is 1.